The van der Waals surface area contributed by atoms with Crippen LogP contribution in [0.4, 0.5) is 16.2 Å². The molecule has 4 aliphatic rings. The standard InChI is InChI=1S/C35H47N5O3S.H2/c1-25(2)14-22-40-33(42)31(44-34(40)28-11-5-7-13-30(28)37-18-8-3-9-19-37)24-32(41)38-20-16-27(17-21-38)39-23-15-26-10-4-6-12-29(26)36-35(39)43;/h4-7,10-13,25,27,31,34H,3,8-9,14-24H2,1-2H3,(H,36,43);1H. The summed E-state index contributed by atoms with van der Waals surface area (Å²) >= 11 is 1.66. The number of nitrogens with one attached hydrogen (secondary N) is 1. The van der Waals surface area contributed by atoms with Gasteiger partial charge in [-0.3, -0.25) is 9.59 Å². The predicted molar refractivity (Wildman–Crippen MR) is 180 cm³/mol. The Bertz CT molecular complexity index is 1340. The zero-order valence-corrected chi connectivity index (χ0v) is 27.1. The minimum Gasteiger partial charge on any atom is -0.371 e. The SMILES string of the molecule is CC(C)CCN1C(=O)C(CC(=O)N2CCC(N3CCc4ccccc4NC3=O)CC2)SC1c1ccccc1N1CCCCC1.[HH]. The largest absolute Gasteiger partial charge is 0.371 e. The fourth-order valence-electron chi connectivity index (χ4n) is 7.16. The zero-order valence-electron chi connectivity index (χ0n) is 26.2. The van der Waals surface area contributed by atoms with E-state index in [-0.39, 0.29) is 42.4 Å². The van der Waals surface area contributed by atoms with E-state index in [2.05, 4.69) is 54.4 Å². The van der Waals surface area contributed by atoms with Crippen molar-refractivity contribution in [1.29, 1.82) is 0 Å². The van der Waals surface area contributed by atoms with E-state index in [9.17, 15) is 14.4 Å². The van der Waals surface area contributed by atoms with Gasteiger partial charge in [-0.25, -0.2) is 4.79 Å². The number of hydrogen-bond donors (Lipinski definition) is 1. The van der Waals surface area contributed by atoms with Gasteiger partial charge in [-0.15, -0.1) is 11.8 Å². The zero-order chi connectivity index (χ0) is 30.6. The van der Waals surface area contributed by atoms with Crippen LogP contribution in [0.2, 0.25) is 0 Å². The van der Waals surface area contributed by atoms with Gasteiger partial charge in [0.1, 0.15) is 5.37 Å². The molecule has 9 heteroatoms. The van der Waals surface area contributed by atoms with Crippen molar-refractivity contribution in [3.8, 4) is 0 Å². The van der Waals surface area contributed by atoms with Crippen molar-refractivity contribution in [2.75, 3.05) is 49.5 Å². The molecule has 8 nitrogen and oxygen atoms in total. The minimum atomic E-state index is -0.373. The fraction of sp³-hybridized carbons (Fsp3) is 0.571. The third kappa shape index (κ3) is 6.72. The molecule has 6 rings (SSSR count). The van der Waals surface area contributed by atoms with Gasteiger partial charge in [0.2, 0.25) is 11.8 Å². The number of anilines is 2. The Morgan fingerprint density at radius 2 is 1.68 bits per heavy atom. The molecule has 3 fully saturated rings. The molecule has 44 heavy (non-hydrogen) atoms. The van der Waals surface area contributed by atoms with E-state index >= 15 is 0 Å². The average molecular weight is 620 g/mol. The highest BCUT2D eigenvalue weighted by atomic mass is 32.2. The van der Waals surface area contributed by atoms with Gasteiger partial charge in [-0.1, -0.05) is 50.2 Å². The molecule has 2 atom stereocenters. The summed E-state index contributed by atoms with van der Waals surface area (Å²) in [7, 11) is 0. The van der Waals surface area contributed by atoms with Crippen molar-refractivity contribution in [2.24, 2.45) is 5.92 Å². The highest BCUT2D eigenvalue weighted by Gasteiger charge is 2.43. The second kappa shape index (κ2) is 13.8. The monoisotopic (exact) mass is 619 g/mol. The van der Waals surface area contributed by atoms with Gasteiger partial charge in [0.15, 0.2) is 0 Å². The normalized spacial score (nSPS) is 23.2. The maximum Gasteiger partial charge on any atom is 0.322 e. The molecular weight excluding hydrogens is 570 g/mol. The summed E-state index contributed by atoms with van der Waals surface area (Å²) in [5.41, 5.74) is 4.49. The summed E-state index contributed by atoms with van der Waals surface area (Å²) in [4.78, 5) is 49.0. The van der Waals surface area contributed by atoms with Crippen molar-refractivity contribution >= 4 is 41.0 Å². The van der Waals surface area contributed by atoms with Gasteiger partial charge in [-0.05, 0) is 68.6 Å². The number of benzene rings is 2. The number of urea groups is 1. The van der Waals surface area contributed by atoms with Gasteiger partial charge >= 0.3 is 6.03 Å². The number of carbonyl (C=O) groups is 3. The Hall–Kier alpha value is -3.20. The van der Waals surface area contributed by atoms with Gasteiger partial charge < -0.3 is 24.9 Å². The van der Waals surface area contributed by atoms with Gasteiger partial charge in [0, 0.05) is 70.1 Å². The molecule has 4 heterocycles. The summed E-state index contributed by atoms with van der Waals surface area (Å²) in [6.07, 6.45) is 7.19. The van der Waals surface area contributed by atoms with Crippen LogP contribution in [0.1, 0.15) is 76.7 Å². The molecule has 0 aromatic heterocycles. The number of nitrogens with zero attached hydrogens (tertiary/aromatic N) is 4. The molecule has 0 aliphatic carbocycles. The first-order chi connectivity index (χ1) is 21.4. The van der Waals surface area contributed by atoms with Crippen molar-refractivity contribution in [3.05, 3.63) is 59.7 Å². The number of rotatable bonds is 8. The first-order valence-corrected chi connectivity index (χ1v) is 17.6. The highest BCUT2D eigenvalue weighted by molar-refractivity contribution is 8.01. The number of amides is 4. The molecule has 2 aromatic rings. The average Bonchev–Trinajstić information content (AvgIpc) is 3.24. The molecule has 4 aliphatic heterocycles. The lowest BCUT2D eigenvalue weighted by atomic mass is 10.0. The minimum absolute atomic E-state index is 0. The Kier molecular flexibility index (Phi) is 9.69. The van der Waals surface area contributed by atoms with E-state index < -0.39 is 0 Å². The quantitative estimate of drug-likeness (QED) is 0.371. The van der Waals surface area contributed by atoms with E-state index in [0.717, 1.165) is 50.0 Å². The third-order valence-corrected chi connectivity index (χ3v) is 11.2. The van der Waals surface area contributed by atoms with Crippen LogP contribution < -0.4 is 10.2 Å². The summed E-state index contributed by atoms with van der Waals surface area (Å²) in [6.45, 7) is 9.12. The van der Waals surface area contributed by atoms with E-state index in [1.54, 1.807) is 11.8 Å². The van der Waals surface area contributed by atoms with Gasteiger partial charge in [0.25, 0.3) is 0 Å². The van der Waals surface area contributed by atoms with Crippen molar-refractivity contribution in [3.63, 3.8) is 0 Å². The second-order valence-corrected chi connectivity index (χ2v) is 14.4. The number of thioether (sulfide) groups is 1. The lowest BCUT2D eigenvalue weighted by molar-refractivity contribution is -0.136. The smallest absolute Gasteiger partial charge is 0.322 e. The molecule has 3 saturated heterocycles. The maximum atomic E-state index is 13.9. The summed E-state index contributed by atoms with van der Waals surface area (Å²) < 4.78 is 0. The molecule has 2 unspecified atom stereocenters. The molecule has 0 spiro atoms. The third-order valence-electron chi connectivity index (χ3n) is 9.74. The first-order valence-electron chi connectivity index (χ1n) is 16.6. The summed E-state index contributed by atoms with van der Waals surface area (Å²) in [5.74, 6) is 0.641. The second-order valence-electron chi connectivity index (χ2n) is 13.1. The van der Waals surface area contributed by atoms with Crippen LogP contribution in [-0.2, 0) is 16.0 Å². The topological polar surface area (TPSA) is 76.2 Å². The van der Waals surface area contributed by atoms with Gasteiger partial charge in [-0.2, -0.15) is 0 Å². The number of likely N-dealkylation sites (tertiary alicyclic amines) is 1. The Morgan fingerprint density at radius 1 is 0.955 bits per heavy atom. The number of hydrogen-bond acceptors (Lipinski definition) is 5. The molecule has 2 aromatic carbocycles. The molecule has 238 valence electrons. The van der Waals surface area contributed by atoms with E-state index in [1.807, 2.05) is 32.9 Å². The van der Waals surface area contributed by atoms with Crippen LogP contribution in [0.5, 0.6) is 0 Å². The van der Waals surface area contributed by atoms with Crippen molar-refractivity contribution < 1.29 is 15.8 Å². The Morgan fingerprint density at radius 3 is 2.45 bits per heavy atom. The highest BCUT2D eigenvalue weighted by Crippen LogP contribution is 2.47. The fourth-order valence-corrected chi connectivity index (χ4v) is 8.66. The molecular formula is C35H49N5O3S. The summed E-state index contributed by atoms with van der Waals surface area (Å²) in [5, 5.41) is 2.63. The molecule has 0 bridgehead atoms. The molecule has 0 saturated carbocycles. The van der Waals surface area contributed by atoms with E-state index in [1.165, 1.54) is 30.5 Å². The van der Waals surface area contributed by atoms with Crippen LogP contribution in [-0.4, -0.2) is 83.1 Å². The lowest BCUT2D eigenvalue weighted by Gasteiger charge is -2.38. The van der Waals surface area contributed by atoms with Crippen molar-refractivity contribution in [1.82, 2.24) is 14.7 Å². The Labute approximate surface area is 268 Å². The van der Waals surface area contributed by atoms with Crippen LogP contribution in [0.25, 0.3) is 0 Å². The van der Waals surface area contributed by atoms with Crippen LogP contribution in [0.15, 0.2) is 48.5 Å². The van der Waals surface area contributed by atoms with Gasteiger partial charge in [0.05, 0.1) is 5.25 Å². The molecule has 0 radical (unpaired) electrons. The number of fused-ring (bicyclic) bond motifs is 1. The van der Waals surface area contributed by atoms with Crippen LogP contribution in [0, 0.1) is 5.92 Å². The predicted octanol–water partition coefficient (Wildman–Crippen LogP) is 6.38. The number of para-hydroxylation sites is 2. The molecule has 1 N–H and O–H groups in total. The first kappa shape index (κ1) is 30.8. The van der Waals surface area contributed by atoms with Crippen LogP contribution >= 0.6 is 11.8 Å². The van der Waals surface area contributed by atoms with Crippen LogP contribution in [0.3, 0.4) is 0 Å². The molecule has 4 amide bonds. The maximum absolute atomic E-state index is 13.9. The van der Waals surface area contributed by atoms with E-state index in [4.69, 9.17) is 0 Å². The summed E-state index contributed by atoms with van der Waals surface area (Å²) in [6, 6.07) is 16.6. The van der Waals surface area contributed by atoms with Crippen molar-refractivity contribution in [2.45, 2.75) is 81.9 Å². The number of piperidine rings is 2. The lowest BCUT2D eigenvalue weighted by Crippen LogP contribution is -2.50. The van der Waals surface area contributed by atoms with E-state index in [0.29, 0.717) is 32.1 Å². The number of carbonyl (C=O) groups excluding carboxylic acids is 3. The Balaban J connectivity index is 0.00000400.